The molecule has 2 rings (SSSR count). The van der Waals surface area contributed by atoms with Gasteiger partial charge in [-0.2, -0.15) is 0 Å². The van der Waals surface area contributed by atoms with Gasteiger partial charge < -0.3 is 15.4 Å². The number of carbonyl (C=O) groups excluding carboxylic acids is 1. The molecule has 0 bridgehead atoms. The normalized spacial score (nSPS) is 34.1. The van der Waals surface area contributed by atoms with Crippen LogP contribution >= 0.6 is 0 Å². The number of alkyl carbamates (subject to hydrolysis) is 1. The van der Waals surface area contributed by atoms with Gasteiger partial charge in [0.1, 0.15) is 0 Å². The summed E-state index contributed by atoms with van der Waals surface area (Å²) in [7, 11) is 1.42. The van der Waals surface area contributed by atoms with Crippen LogP contribution in [0.1, 0.15) is 20.8 Å². The SMILES string of the molecule is COC(=O)NC(C1C2CNCC21)C(C)(C)C. The Morgan fingerprint density at radius 3 is 2.38 bits per heavy atom. The zero-order chi connectivity index (χ0) is 11.9. The van der Waals surface area contributed by atoms with Crippen molar-refractivity contribution in [3.63, 3.8) is 0 Å². The van der Waals surface area contributed by atoms with E-state index in [1.807, 2.05) is 0 Å². The zero-order valence-corrected chi connectivity index (χ0v) is 10.5. The van der Waals surface area contributed by atoms with Crippen molar-refractivity contribution >= 4 is 6.09 Å². The summed E-state index contributed by atoms with van der Waals surface area (Å²) in [6.45, 7) is 8.73. The summed E-state index contributed by atoms with van der Waals surface area (Å²) in [5.41, 5.74) is 0.0865. The van der Waals surface area contributed by atoms with Crippen molar-refractivity contribution in [2.24, 2.45) is 23.2 Å². The molecule has 1 aliphatic carbocycles. The van der Waals surface area contributed by atoms with Crippen LogP contribution in [-0.2, 0) is 4.74 Å². The summed E-state index contributed by atoms with van der Waals surface area (Å²) in [6, 6.07) is 0.219. The number of piperidine rings is 1. The maximum atomic E-state index is 11.4. The number of nitrogens with one attached hydrogen (secondary N) is 2. The number of carbonyl (C=O) groups is 1. The summed E-state index contributed by atoms with van der Waals surface area (Å²) in [5.74, 6) is 2.13. The molecule has 1 saturated heterocycles. The fourth-order valence-electron chi connectivity index (χ4n) is 3.04. The van der Waals surface area contributed by atoms with Gasteiger partial charge in [-0.1, -0.05) is 20.8 Å². The third-order valence-electron chi connectivity index (χ3n) is 3.93. The summed E-state index contributed by atoms with van der Waals surface area (Å²) in [4.78, 5) is 11.4. The van der Waals surface area contributed by atoms with Gasteiger partial charge in [0.15, 0.2) is 0 Å². The molecule has 3 atom stereocenters. The monoisotopic (exact) mass is 226 g/mol. The molecule has 2 aliphatic rings. The predicted molar refractivity (Wildman–Crippen MR) is 62.1 cm³/mol. The second kappa shape index (κ2) is 3.91. The topological polar surface area (TPSA) is 50.4 Å². The predicted octanol–water partition coefficient (Wildman–Crippen LogP) is 1.22. The summed E-state index contributed by atoms with van der Waals surface area (Å²) in [6.07, 6.45) is -0.308. The number of fused-ring (bicyclic) bond motifs is 1. The molecule has 0 aromatic rings. The van der Waals surface area contributed by atoms with Crippen molar-refractivity contribution in [2.45, 2.75) is 26.8 Å². The van der Waals surface area contributed by atoms with E-state index in [2.05, 4.69) is 31.4 Å². The first-order chi connectivity index (χ1) is 7.45. The molecule has 16 heavy (non-hydrogen) atoms. The lowest BCUT2D eigenvalue weighted by atomic mass is 9.82. The Morgan fingerprint density at radius 1 is 1.38 bits per heavy atom. The Morgan fingerprint density at radius 2 is 1.94 bits per heavy atom. The molecule has 1 amide bonds. The van der Waals surface area contributed by atoms with Crippen LogP contribution in [0.15, 0.2) is 0 Å². The molecule has 0 spiro atoms. The van der Waals surface area contributed by atoms with Gasteiger partial charge >= 0.3 is 6.09 Å². The third kappa shape index (κ3) is 2.03. The number of ether oxygens (including phenoxy) is 1. The Bertz CT molecular complexity index is 275. The average molecular weight is 226 g/mol. The van der Waals surface area contributed by atoms with Crippen LogP contribution in [0.25, 0.3) is 0 Å². The average Bonchev–Trinajstić information content (AvgIpc) is 2.66. The molecule has 1 heterocycles. The van der Waals surface area contributed by atoms with E-state index in [0.717, 1.165) is 24.9 Å². The van der Waals surface area contributed by atoms with Gasteiger partial charge in [0.05, 0.1) is 7.11 Å². The first-order valence-corrected chi connectivity index (χ1v) is 6.00. The molecule has 0 aromatic heterocycles. The van der Waals surface area contributed by atoms with E-state index in [-0.39, 0.29) is 17.6 Å². The van der Waals surface area contributed by atoms with Crippen LogP contribution in [-0.4, -0.2) is 32.3 Å². The van der Waals surface area contributed by atoms with Gasteiger partial charge in [-0.25, -0.2) is 4.79 Å². The largest absolute Gasteiger partial charge is 0.453 e. The van der Waals surface area contributed by atoms with Crippen molar-refractivity contribution in [3.05, 3.63) is 0 Å². The van der Waals surface area contributed by atoms with Crippen LogP contribution in [0.5, 0.6) is 0 Å². The van der Waals surface area contributed by atoms with Crippen LogP contribution in [0.4, 0.5) is 4.79 Å². The summed E-state index contributed by atoms with van der Waals surface area (Å²) >= 11 is 0. The Balaban J connectivity index is 2.02. The van der Waals surface area contributed by atoms with Crippen molar-refractivity contribution in [1.82, 2.24) is 10.6 Å². The van der Waals surface area contributed by atoms with Crippen molar-refractivity contribution < 1.29 is 9.53 Å². The summed E-state index contributed by atoms with van der Waals surface area (Å²) < 4.78 is 4.71. The Hall–Kier alpha value is -0.770. The standard InChI is InChI=1S/C12H22N2O2/c1-12(2,3)10(14-11(15)16-4)9-7-5-13-6-8(7)9/h7-10,13H,5-6H2,1-4H3,(H,14,15). The van der Waals surface area contributed by atoms with Crippen LogP contribution in [0.2, 0.25) is 0 Å². The van der Waals surface area contributed by atoms with Gasteiger partial charge in [-0.3, -0.25) is 0 Å². The highest BCUT2D eigenvalue weighted by Gasteiger charge is 2.58. The first kappa shape index (κ1) is 11.7. The van der Waals surface area contributed by atoms with Gasteiger partial charge in [0.25, 0.3) is 0 Å². The van der Waals surface area contributed by atoms with Crippen LogP contribution < -0.4 is 10.6 Å². The van der Waals surface area contributed by atoms with E-state index in [1.165, 1.54) is 7.11 Å². The van der Waals surface area contributed by atoms with Crippen molar-refractivity contribution in [2.75, 3.05) is 20.2 Å². The minimum absolute atomic E-state index is 0.0865. The molecule has 2 fully saturated rings. The minimum atomic E-state index is -0.308. The molecule has 1 saturated carbocycles. The molecule has 0 aromatic carbocycles. The van der Waals surface area contributed by atoms with E-state index in [9.17, 15) is 4.79 Å². The lowest BCUT2D eigenvalue weighted by molar-refractivity contribution is 0.145. The van der Waals surface area contributed by atoms with E-state index in [4.69, 9.17) is 4.74 Å². The van der Waals surface area contributed by atoms with Crippen molar-refractivity contribution in [1.29, 1.82) is 0 Å². The number of rotatable bonds is 2. The number of hydrogen-bond donors (Lipinski definition) is 2. The number of methoxy groups -OCH3 is 1. The smallest absolute Gasteiger partial charge is 0.407 e. The van der Waals surface area contributed by atoms with Crippen LogP contribution in [0, 0.1) is 23.2 Å². The highest BCUT2D eigenvalue weighted by molar-refractivity contribution is 5.67. The highest BCUT2D eigenvalue weighted by Crippen LogP contribution is 2.53. The highest BCUT2D eigenvalue weighted by atomic mass is 16.5. The van der Waals surface area contributed by atoms with E-state index >= 15 is 0 Å². The molecule has 2 N–H and O–H groups in total. The van der Waals surface area contributed by atoms with E-state index < -0.39 is 0 Å². The molecule has 3 unspecified atom stereocenters. The molecule has 0 radical (unpaired) electrons. The molecular weight excluding hydrogens is 204 g/mol. The minimum Gasteiger partial charge on any atom is -0.453 e. The Kier molecular flexibility index (Phi) is 2.86. The van der Waals surface area contributed by atoms with E-state index in [0.29, 0.717) is 5.92 Å². The molecule has 4 nitrogen and oxygen atoms in total. The van der Waals surface area contributed by atoms with Crippen LogP contribution in [0.3, 0.4) is 0 Å². The molecular formula is C12H22N2O2. The molecule has 4 heteroatoms. The van der Waals surface area contributed by atoms with E-state index in [1.54, 1.807) is 0 Å². The maximum Gasteiger partial charge on any atom is 0.407 e. The number of hydrogen-bond acceptors (Lipinski definition) is 3. The van der Waals surface area contributed by atoms with Crippen molar-refractivity contribution in [3.8, 4) is 0 Å². The van der Waals surface area contributed by atoms with Gasteiger partial charge in [0.2, 0.25) is 0 Å². The maximum absolute atomic E-state index is 11.4. The Labute approximate surface area is 97.1 Å². The third-order valence-corrected chi connectivity index (χ3v) is 3.93. The molecule has 92 valence electrons. The molecule has 1 aliphatic heterocycles. The summed E-state index contributed by atoms with van der Waals surface area (Å²) in [5, 5.41) is 6.39. The first-order valence-electron chi connectivity index (χ1n) is 6.00. The quantitative estimate of drug-likeness (QED) is 0.744. The fraction of sp³-hybridized carbons (Fsp3) is 0.917. The second-order valence-electron chi connectivity index (χ2n) is 6.04. The zero-order valence-electron chi connectivity index (χ0n) is 10.5. The second-order valence-corrected chi connectivity index (χ2v) is 6.04. The number of amides is 1. The van der Waals surface area contributed by atoms with Gasteiger partial charge in [0, 0.05) is 6.04 Å². The van der Waals surface area contributed by atoms with Gasteiger partial charge in [-0.05, 0) is 36.3 Å². The lowest BCUT2D eigenvalue weighted by Gasteiger charge is -2.32. The lowest BCUT2D eigenvalue weighted by Crippen LogP contribution is -2.47. The van der Waals surface area contributed by atoms with Gasteiger partial charge in [-0.15, -0.1) is 0 Å². The fourth-order valence-corrected chi connectivity index (χ4v) is 3.04.